The van der Waals surface area contributed by atoms with Crippen LogP contribution in [0.5, 0.6) is 0 Å². The Kier molecular flexibility index (Phi) is 7.33. The van der Waals surface area contributed by atoms with E-state index in [-0.39, 0.29) is 22.2 Å². The van der Waals surface area contributed by atoms with Crippen LogP contribution in [0, 0.1) is 0 Å². The first kappa shape index (κ1) is 22.3. The number of nitrogens with one attached hydrogen (secondary N) is 1. The highest BCUT2D eigenvalue weighted by Crippen LogP contribution is 2.37. The summed E-state index contributed by atoms with van der Waals surface area (Å²) in [5, 5.41) is 4.16. The molecule has 0 unspecified atom stereocenters. The van der Waals surface area contributed by atoms with Crippen molar-refractivity contribution in [2.45, 2.75) is 89.9 Å². The van der Waals surface area contributed by atoms with E-state index < -0.39 is 16.6 Å². The average molecular weight is 376 g/mol. The van der Waals surface area contributed by atoms with Gasteiger partial charge in [0.25, 0.3) is 0 Å². The number of ether oxygens (including phenoxy) is 1. The van der Waals surface area contributed by atoms with Gasteiger partial charge in [0.2, 0.25) is 0 Å². The second-order valence-electron chi connectivity index (χ2n) is 10.2. The van der Waals surface area contributed by atoms with E-state index in [0.29, 0.717) is 0 Å². The highest BCUT2D eigenvalue weighted by molar-refractivity contribution is 6.74. The molecule has 4 nitrogen and oxygen atoms in total. The smallest absolute Gasteiger partial charge is 0.192 e. The summed E-state index contributed by atoms with van der Waals surface area (Å²) in [6.07, 6.45) is 0. The Labute approximate surface area is 152 Å². The first-order chi connectivity index (χ1) is 10.7. The molecule has 0 aromatic heterocycles. The molecule has 1 aliphatic rings. The van der Waals surface area contributed by atoms with Crippen molar-refractivity contribution in [2.24, 2.45) is 0 Å². The van der Waals surface area contributed by atoms with E-state index in [4.69, 9.17) is 13.6 Å². The predicted octanol–water partition coefficient (Wildman–Crippen LogP) is 4.39. The van der Waals surface area contributed by atoms with Crippen molar-refractivity contribution in [3.8, 4) is 0 Å². The molecule has 1 fully saturated rings. The van der Waals surface area contributed by atoms with E-state index in [1.165, 1.54) is 0 Å². The van der Waals surface area contributed by atoms with Crippen LogP contribution in [-0.4, -0.2) is 55.1 Å². The van der Waals surface area contributed by atoms with Crippen molar-refractivity contribution in [3.63, 3.8) is 0 Å². The molecule has 0 aromatic rings. The van der Waals surface area contributed by atoms with E-state index in [9.17, 15) is 0 Å². The predicted molar refractivity (Wildman–Crippen MR) is 108 cm³/mol. The standard InChI is InChI=1S/C18H41NO3Si2/c1-17(2,3)23(7,8)21-13-15-11-20-12-16(19-15)14-22-24(9,10)18(4,5)6/h15-16,19H,11-14H2,1-10H3/t15-,16-/m1/s1. The van der Waals surface area contributed by atoms with Gasteiger partial charge in [-0.1, -0.05) is 41.5 Å². The van der Waals surface area contributed by atoms with E-state index in [2.05, 4.69) is 73.0 Å². The van der Waals surface area contributed by atoms with Gasteiger partial charge >= 0.3 is 0 Å². The van der Waals surface area contributed by atoms with E-state index >= 15 is 0 Å². The van der Waals surface area contributed by atoms with Crippen LogP contribution in [0.15, 0.2) is 0 Å². The quantitative estimate of drug-likeness (QED) is 0.699. The molecule has 1 saturated heterocycles. The van der Waals surface area contributed by atoms with E-state index in [1.54, 1.807) is 0 Å². The Bertz CT molecular complexity index is 364. The van der Waals surface area contributed by atoms with Crippen molar-refractivity contribution in [1.82, 2.24) is 5.32 Å². The van der Waals surface area contributed by atoms with Crippen LogP contribution >= 0.6 is 0 Å². The van der Waals surface area contributed by atoms with Gasteiger partial charge in [-0.25, -0.2) is 0 Å². The van der Waals surface area contributed by atoms with E-state index in [1.807, 2.05) is 0 Å². The second-order valence-corrected chi connectivity index (χ2v) is 19.9. The molecule has 1 aliphatic heterocycles. The Morgan fingerprint density at radius 1 is 0.792 bits per heavy atom. The maximum absolute atomic E-state index is 6.35. The summed E-state index contributed by atoms with van der Waals surface area (Å²) in [6.45, 7) is 25.8. The fourth-order valence-corrected chi connectivity index (χ4v) is 4.13. The highest BCUT2D eigenvalue weighted by atomic mass is 28.4. The Morgan fingerprint density at radius 3 is 1.42 bits per heavy atom. The monoisotopic (exact) mass is 375 g/mol. The first-order valence-electron chi connectivity index (χ1n) is 9.27. The van der Waals surface area contributed by atoms with Crippen molar-refractivity contribution >= 4 is 16.6 Å². The van der Waals surface area contributed by atoms with Crippen molar-refractivity contribution < 1.29 is 13.6 Å². The van der Waals surface area contributed by atoms with Gasteiger partial charge in [-0.05, 0) is 36.3 Å². The van der Waals surface area contributed by atoms with Crippen LogP contribution in [-0.2, 0) is 13.6 Å². The maximum atomic E-state index is 6.35. The summed E-state index contributed by atoms with van der Waals surface area (Å²) in [5.74, 6) is 0. The van der Waals surface area contributed by atoms with Gasteiger partial charge in [0.05, 0.1) is 38.5 Å². The molecular formula is C18H41NO3Si2. The van der Waals surface area contributed by atoms with Crippen molar-refractivity contribution in [1.29, 1.82) is 0 Å². The zero-order chi connectivity index (χ0) is 18.8. The molecule has 0 saturated carbocycles. The van der Waals surface area contributed by atoms with Crippen molar-refractivity contribution in [3.05, 3.63) is 0 Å². The average Bonchev–Trinajstić information content (AvgIpc) is 2.41. The molecule has 0 aliphatic carbocycles. The molecule has 0 aromatic carbocycles. The molecule has 144 valence electrons. The van der Waals surface area contributed by atoms with Crippen LogP contribution in [0.1, 0.15) is 41.5 Å². The maximum Gasteiger partial charge on any atom is 0.192 e. The molecule has 0 radical (unpaired) electrons. The summed E-state index contributed by atoms with van der Waals surface area (Å²) in [6, 6.07) is 0.529. The van der Waals surface area contributed by atoms with Crippen molar-refractivity contribution in [2.75, 3.05) is 26.4 Å². The van der Waals surface area contributed by atoms with Crippen LogP contribution in [0.25, 0.3) is 0 Å². The normalized spacial score (nSPS) is 24.2. The fourth-order valence-electron chi connectivity index (χ4n) is 2.03. The molecule has 2 atom stereocenters. The van der Waals surface area contributed by atoms with Gasteiger partial charge in [0.15, 0.2) is 16.6 Å². The minimum atomic E-state index is -1.70. The Balaban J connectivity index is 2.48. The zero-order valence-corrected chi connectivity index (χ0v) is 19.7. The highest BCUT2D eigenvalue weighted by Gasteiger charge is 2.39. The SMILES string of the molecule is CC(C)(C)[Si](C)(C)OC[C@H]1COC[C@H](CO[Si](C)(C)C(C)(C)C)N1. The lowest BCUT2D eigenvalue weighted by Gasteiger charge is -2.40. The Hall–Kier alpha value is 0.274. The largest absolute Gasteiger partial charge is 0.415 e. The molecule has 6 heteroatoms. The summed E-state index contributed by atoms with van der Waals surface area (Å²) in [4.78, 5) is 0. The van der Waals surface area contributed by atoms with Gasteiger partial charge in [0.1, 0.15) is 0 Å². The first-order valence-corrected chi connectivity index (χ1v) is 15.1. The molecule has 0 bridgehead atoms. The third kappa shape index (κ3) is 6.21. The third-order valence-electron chi connectivity index (χ3n) is 6.01. The third-order valence-corrected chi connectivity index (χ3v) is 15.0. The Morgan fingerprint density at radius 2 is 1.12 bits per heavy atom. The lowest BCUT2D eigenvalue weighted by Crippen LogP contribution is -2.56. The number of hydrogen-bond donors (Lipinski definition) is 1. The number of rotatable bonds is 6. The van der Waals surface area contributed by atoms with Gasteiger partial charge in [-0.15, -0.1) is 0 Å². The van der Waals surface area contributed by atoms with Gasteiger partial charge in [-0.3, -0.25) is 0 Å². The van der Waals surface area contributed by atoms with Gasteiger partial charge in [-0.2, -0.15) is 0 Å². The molecule has 1 N–H and O–H groups in total. The van der Waals surface area contributed by atoms with Crippen LogP contribution in [0.2, 0.25) is 36.3 Å². The zero-order valence-electron chi connectivity index (χ0n) is 17.7. The molecule has 1 heterocycles. The number of hydrogen-bond acceptors (Lipinski definition) is 4. The fraction of sp³-hybridized carbons (Fsp3) is 1.00. The van der Waals surface area contributed by atoms with Crippen LogP contribution in [0.3, 0.4) is 0 Å². The van der Waals surface area contributed by atoms with Gasteiger partial charge < -0.3 is 18.9 Å². The summed E-state index contributed by atoms with van der Waals surface area (Å²) < 4.78 is 18.5. The number of morpholine rings is 1. The van der Waals surface area contributed by atoms with Gasteiger partial charge in [0, 0.05) is 0 Å². The molecule has 0 spiro atoms. The lowest BCUT2D eigenvalue weighted by molar-refractivity contribution is 0.0145. The minimum Gasteiger partial charge on any atom is -0.415 e. The van der Waals surface area contributed by atoms with E-state index in [0.717, 1.165) is 26.4 Å². The van der Waals surface area contributed by atoms with Crippen LogP contribution in [0.4, 0.5) is 0 Å². The molecule has 0 amide bonds. The van der Waals surface area contributed by atoms with Crippen LogP contribution < -0.4 is 5.32 Å². The topological polar surface area (TPSA) is 39.7 Å². The lowest BCUT2D eigenvalue weighted by atomic mass is 10.2. The molecular weight excluding hydrogens is 334 g/mol. The summed E-state index contributed by atoms with van der Waals surface area (Å²) in [5.41, 5.74) is 0. The molecule has 24 heavy (non-hydrogen) atoms. The summed E-state index contributed by atoms with van der Waals surface area (Å²) >= 11 is 0. The second kappa shape index (κ2) is 7.88. The minimum absolute atomic E-state index is 0.243. The summed E-state index contributed by atoms with van der Waals surface area (Å²) in [7, 11) is -3.41. The molecule has 1 rings (SSSR count).